The third kappa shape index (κ3) is 4.39. The van der Waals surface area contributed by atoms with Gasteiger partial charge in [-0.1, -0.05) is 68.3 Å². The highest BCUT2D eigenvalue weighted by molar-refractivity contribution is 5.87. The van der Waals surface area contributed by atoms with Gasteiger partial charge < -0.3 is 20.1 Å². The van der Waals surface area contributed by atoms with Crippen molar-refractivity contribution in [3.8, 4) is 11.1 Å². The molecular formula is C27H30N2O5. The molecule has 2 fully saturated rings. The zero-order chi connectivity index (χ0) is 23.8. The summed E-state index contributed by atoms with van der Waals surface area (Å²) in [5.74, 6) is -1.41. The summed E-state index contributed by atoms with van der Waals surface area (Å²) < 4.78 is 5.65. The van der Waals surface area contributed by atoms with Crippen molar-refractivity contribution in [3.63, 3.8) is 0 Å². The van der Waals surface area contributed by atoms with Gasteiger partial charge in [-0.15, -0.1) is 0 Å². The van der Waals surface area contributed by atoms with E-state index < -0.39 is 24.0 Å². The molecule has 1 heterocycles. The minimum absolute atomic E-state index is 0.0495. The molecule has 7 nitrogen and oxygen atoms in total. The number of benzene rings is 2. The predicted molar refractivity (Wildman–Crippen MR) is 126 cm³/mol. The molecule has 0 spiro atoms. The molecule has 7 heteroatoms. The maximum absolute atomic E-state index is 13.2. The Bertz CT molecular complexity index is 1070. The average molecular weight is 463 g/mol. The van der Waals surface area contributed by atoms with Gasteiger partial charge in [-0.2, -0.15) is 0 Å². The van der Waals surface area contributed by atoms with E-state index in [1.165, 1.54) is 0 Å². The van der Waals surface area contributed by atoms with E-state index in [1.807, 2.05) is 31.2 Å². The van der Waals surface area contributed by atoms with Crippen molar-refractivity contribution in [1.82, 2.24) is 10.2 Å². The van der Waals surface area contributed by atoms with Gasteiger partial charge in [-0.05, 0) is 40.5 Å². The smallest absolute Gasteiger partial charge is 0.407 e. The standard InChI is InChI=1S/C27H30N2O5/c1-16-13-29(14-22(16)26(31)32)25(30)24(12-17-10-11-17)28-27(33)34-15-23-20-8-4-2-6-18(20)19-7-3-5-9-21(19)23/h2-9,16-17,22-24H,10-15H2,1H3,(H,28,33)(H,31,32)/t16-,22-,24+/m1/s1. The van der Waals surface area contributed by atoms with Crippen LogP contribution in [0.15, 0.2) is 48.5 Å². The fourth-order valence-corrected chi connectivity index (χ4v) is 5.38. The second-order valence-corrected chi connectivity index (χ2v) is 9.87. The number of likely N-dealkylation sites (tertiary alicyclic amines) is 1. The van der Waals surface area contributed by atoms with Crippen LogP contribution in [0.1, 0.15) is 43.2 Å². The summed E-state index contributed by atoms with van der Waals surface area (Å²) in [6, 6.07) is 15.6. The number of nitrogens with zero attached hydrogens (tertiary/aromatic N) is 1. The van der Waals surface area contributed by atoms with Crippen LogP contribution in [0.3, 0.4) is 0 Å². The Balaban J connectivity index is 1.24. The quantitative estimate of drug-likeness (QED) is 0.651. The Morgan fingerprint density at radius 2 is 1.65 bits per heavy atom. The van der Waals surface area contributed by atoms with Crippen molar-refractivity contribution < 1.29 is 24.2 Å². The highest BCUT2D eigenvalue weighted by atomic mass is 16.5. The Hall–Kier alpha value is -3.35. The van der Waals surface area contributed by atoms with Crippen LogP contribution < -0.4 is 5.32 Å². The lowest BCUT2D eigenvalue weighted by atomic mass is 9.98. The fourth-order valence-electron chi connectivity index (χ4n) is 5.38. The van der Waals surface area contributed by atoms with Crippen LogP contribution >= 0.6 is 0 Å². The number of rotatable bonds is 7. The highest BCUT2D eigenvalue weighted by Gasteiger charge is 2.41. The molecule has 0 aromatic heterocycles. The predicted octanol–water partition coefficient (Wildman–Crippen LogP) is 3.87. The maximum Gasteiger partial charge on any atom is 0.407 e. The molecule has 34 heavy (non-hydrogen) atoms. The van der Waals surface area contributed by atoms with Gasteiger partial charge in [-0.3, -0.25) is 9.59 Å². The van der Waals surface area contributed by atoms with Crippen LogP contribution in [-0.2, 0) is 14.3 Å². The van der Waals surface area contributed by atoms with Gasteiger partial charge in [0.05, 0.1) is 5.92 Å². The van der Waals surface area contributed by atoms with E-state index in [4.69, 9.17) is 4.74 Å². The summed E-state index contributed by atoms with van der Waals surface area (Å²) in [4.78, 5) is 39.1. The van der Waals surface area contributed by atoms with Crippen LogP contribution in [0.5, 0.6) is 0 Å². The van der Waals surface area contributed by atoms with Crippen molar-refractivity contribution in [2.24, 2.45) is 17.8 Å². The molecular weight excluding hydrogens is 432 g/mol. The van der Waals surface area contributed by atoms with Crippen molar-refractivity contribution >= 4 is 18.0 Å². The van der Waals surface area contributed by atoms with Gasteiger partial charge in [-0.25, -0.2) is 4.79 Å². The number of carbonyl (C=O) groups excluding carboxylic acids is 2. The summed E-state index contributed by atoms with van der Waals surface area (Å²) in [5.41, 5.74) is 4.58. The number of carboxylic acids is 1. The number of aliphatic carboxylic acids is 1. The number of hydrogen-bond acceptors (Lipinski definition) is 4. The monoisotopic (exact) mass is 462 g/mol. The Labute approximate surface area is 199 Å². The van der Waals surface area contributed by atoms with Crippen LogP contribution in [-0.4, -0.2) is 53.7 Å². The van der Waals surface area contributed by atoms with Crippen molar-refractivity contribution in [2.45, 2.75) is 38.1 Å². The van der Waals surface area contributed by atoms with Crippen LogP contribution in [0.4, 0.5) is 4.79 Å². The maximum atomic E-state index is 13.2. The van der Waals surface area contributed by atoms with E-state index in [-0.39, 0.29) is 30.9 Å². The number of ether oxygens (including phenoxy) is 1. The lowest BCUT2D eigenvalue weighted by Crippen LogP contribution is -2.48. The summed E-state index contributed by atoms with van der Waals surface area (Å²) in [6.07, 6.45) is 2.04. The van der Waals surface area contributed by atoms with Crippen molar-refractivity contribution in [3.05, 3.63) is 59.7 Å². The number of amides is 2. The molecule has 0 radical (unpaired) electrons. The number of carbonyl (C=O) groups is 3. The lowest BCUT2D eigenvalue weighted by molar-refractivity contribution is -0.142. The molecule has 2 aromatic carbocycles. The van der Waals surface area contributed by atoms with Gasteiger partial charge in [0, 0.05) is 19.0 Å². The average Bonchev–Trinajstić information content (AvgIpc) is 3.47. The molecule has 3 aliphatic rings. The largest absolute Gasteiger partial charge is 0.481 e. The topological polar surface area (TPSA) is 95.9 Å². The third-order valence-electron chi connectivity index (χ3n) is 7.44. The van der Waals surface area contributed by atoms with Crippen LogP contribution in [0.2, 0.25) is 0 Å². The van der Waals surface area contributed by atoms with Gasteiger partial charge >= 0.3 is 12.1 Å². The number of hydrogen-bond donors (Lipinski definition) is 2. The van der Waals surface area contributed by atoms with Gasteiger partial charge in [0.15, 0.2) is 0 Å². The summed E-state index contributed by atoms with van der Waals surface area (Å²) >= 11 is 0. The van der Waals surface area contributed by atoms with Crippen molar-refractivity contribution in [2.75, 3.05) is 19.7 Å². The third-order valence-corrected chi connectivity index (χ3v) is 7.44. The zero-order valence-corrected chi connectivity index (χ0v) is 19.3. The molecule has 1 aliphatic heterocycles. The number of fused-ring (bicyclic) bond motifs is 3. The summed E-state index contributed by atoms with van der Waals surface area (Å²) in [7, 11) is 0. The molecule has 5 rings (SSSR count). The number of alkyl carbamates (subject to hydrolysis) is 1. The molecule has 2 amide bonds. The van der Waals surface area contributed by atoms with E-state index in [1.54, 1.807) is 4.90 Å². The Morgan fingerprint density at radius 1 is 1.03 bits per heavy atom. The minimum atomic E-state index is -0.883. The van der Waals surface area contributed by atoms with Crippen LogP contribution in [0.25, 0.3) is 11.1 Å². The molecule has 3 atom stereocenters. The molecule has 0 unspecified atom stereocenters. The second-order valence-electron chi connectivity index (χ2n) is 9.87. The van der Waals surface area contributed by atoms with Gasteiger partial charge in [0.25, 0.3) is 0 Å². The first-order valence-corrected chi connectivity index (χ1v) is 12.1. The van der Waals surface area contributed by atoms with Crippen LogP contribution in [0, 0.1) is 17.8 Å². The normalized spacial score (nSPS) is 22.1. The second kappa shape index (κ2) is 9.12. The minimum Gasteiger partial charge on any atom is -0.481 e. The Morgan fingerprint density at radius 3 is 2.21 bits per heavy atom. The molecule has 2 aliphatic carbocycles. The van der Waals surface area contributed by atoms with E-state index in [0.717, 1.165) is 35.1 Å². The summed E-state index contributed by atoms with van der Waals surface area (Å²) in [6.45, 7) is 2.61. The first kappa shape index (κ1) is 22.4. The van der Waals surface area contributed by atoms with E-state index in [2.05, 4.69) is 29.6 Å². The number of carboxylic acid groups (broad SMARTS) is 1. The Kier molecular flexibility index (Phi) is 6.02. The molecule has 2 N–H and O–H groups in total. The van der Waals surface area contributed by atoms with Gasteiger partial charge in [0.1, 0.15) is 12.6 Å². The highest BCUT2D eigenvalue weighted by Crippen LogP contribution is 2.44. The lowest BCUT2D eigenvalue weighted by Gasteiger charge is -2.24. The van der Waals surface area contributed by atoms with E-state index in [9.17, 15) is 19.5 Å². The van der Waals surface area contributed by atoms with Crippen molar-refractivity contribution in [1.29, 1.82) is 0 Å². The zero-order valence-electron chi connectivity index (χ0n) is 19.3. The molecule has 1 saturated heterocycles. The molecule has 178 valence electrons. The van der Waals surface area contributed by atoms with Gasteiger partial charge in [0.2, 0.25) is 5.91 Å². The first-order chi connectivity index (χ1) is 16.4. The molecule has 0 bridgehead atoms. The summed E-state index contributed by atoms with van der Waals surface area (Å²) in [5, 5.41) is 12.2. The molecule has 2 aromatic rings. The number of nitrogens with one attached hydrogen (secondary N) is 1. The van der Waals surface area contributed by atoms with E-state index in [0.29, 0.717) is 18.9 Å². The first-order valence-electron chi connectivity index (χ1n) is 12.1. The van der Waals surface area contributed by atoms with E-state index >= 15 is 0 Å². The fraction of sp³-hybridized carbons (Fsp3) is 0.444. The molecule has 1 saturated carbocycles. The SMILES string of the molecule is C[C@@H]1CN(C(=O)[C@H](CC2CC2)NC(=O)OCC2c3ccccc3-c3ccccc32)C[C@H]1C(=O)O.